The second-order valence-electron chi connectivity index (χ2n) is 7.60. The molecule has 1 fully saturated rings. The molecule has 1 aromatic rings. The third kappa shape index (κ3) is 7.88. The molecule has 0 saturated carbocycles. The van der Waals surface area contributed by atoms with E-state index in [1.807, 2.05) is 12.1 Å². The fourth-order valence-corrected chi connectivity index (χ4v) is 3.54. The Morgan fingerprint density at radius 2 is 1.73 bits per heavy atom. The number of aliphatic hydroxyl groups excluding tert-OH is 1. The van der Waals surface area contributed by atoms with Crippen molar-refractivity contribution in [3.63, 3.8) is 0 Å². The molecule has 1 saturated heterocycles. The van der Waals surface area contributed by atoms with E-state index in [0.29, 0.717) is 13.0 Å². The van der Waals surface area contributed by atoms with Gasteiger partial charge in [0.05, 0.1) is 12.1 Å². The van der Waals surface area contributed by atoms with Crippen LogP contribution >= 0.6 is 0 Å². The maximum absolute atomic E-state index is 12.3. The lowest BCUT2D eigenvalue weighted by atomic mass is 10.0. The van der Waals surface area contributed by atoms with Crippen molar-refractivity contribution in [2.45, 2.75) is 89.7 Å². The second kappa shape index (κ2) is 12.1. The fraction of sp³-hybridized carbons (Fsp3) is 0.682. The van der Waals surface area contributed by atoms with Gasteiger partial charge in [-0.1, -0.05) is 64.0 Å². The Balaban J connectivity index is 1.62. The fourth-order valence-electron chi connectivity index (χ4n) is 3.54. The van der Waals surface area contributed by atoms with Crippen molar-refractivity contribution in [2.75, 3.05) is 11.9 Å². The van der Waals surface area contributed by atoms with Gasteiger partial charge in [-0.2, -0.15) is 0 Å². The molecule has 0 aliphatic carbocycles. The predicted octanol–water partition coefficient (Wildman–Crippen LogP) is 4.42. The van der Waals surface area contributed by atoms with E-state index in [1.54, 1.807) is 0 Å². The number of carbonyl (C=O) groups is 1. The zero-order valence-electron chi connectivity index (χ0n) is 16.3. The van der Waals surface area contributed by atoms with Crippen LogP contribution in [0.4, 0.5) is 5.69 Å². The Bertz CT molecular complexity index is 515. The Morgan fingerprint density at radius 1 is 1.08 bits per heavy atom. The predicted molar refractivity (Wildman–Crippen MR) is 108 cm³/mol. The van der Waals surface area contributed by atoms with Crippen LogP contribution < -0.4 is 10.6 Å². The van der Waals surface area contributed by atoms with E-state index >= 15 is 0 Å². The van der Waals surface area contributed by atoms with Gasteiger partial charge in [-0.05, 0) is 49.9 Å². The van der Waals surface area contributed by atoms with Crippen LogP contribution in [0.25, 0.3) is 0 Å². The molecule has 0 unspecified atom stereocenters. The maximum Gasteiger partial charge on any atom is 0.241 e. The van der Waals surface area contributed by atoms with Gasteiger partial charge in [0.2, 0.25) is 5.91 Å². The molecule has 3 N–H and O–H groups in total. The first-order chi connectivity index (χ1) is 12.7. The van der Waals surface area contributed by atoms with Crippen LogP contribution in [-0.2, 0) is 11.2 Å². The number of nitrogens with one attached hydrogen (secondary N) is 2. The first-order valence-electron chi connectivity index (χ1n) is 10.5. The molecule has 2 atom stereocenters. The van der Waals surface area contributed by atoms with E-state index < -0.39 is 0 Å². The van der Waals surface area contributed by atoms with Crippen LogP contribution in [0.3, 0.4) is 0 Å². The van der Waals surface area contributed by atoms with Gasteiger partial charge in [-0.25, -0.2) is 0 Å². The van der Waals surface area contributed by atoms with Gasteiger partial charge >= 0.3 is 0 Å². The van der Waals surface area contributed by atoms with Gasteiger partial charge < -0.3 is 15.7 Å². The largest absolute Gasteiger partial charge is 0.393 e. The Labute approximate surface area is 158 Å². The maximum atomic E-state index is 12.3. The summed E-state index contributed by atoms with van der Waals surface area (Å²) in [6, 6.07) is 7.89. The number of hydrogen-bond donors (Lipinski definition) is 3. The van der Waals surface area contributed by atoms with Gasteiger partial charge in [0.25, 0.3) is 0 Å². The van der Waals surface area contributed by atoms with Crippen molar-refractivity contribution in [1.82, 2.24) is 5.32 Å². The normalized spacial score (nSPS) is 20.1. The lowest BCUT2D eigenvalue weighted by Crippen LogP contribution is -2.47. The second-order valence-corrected chi connectivity index (χ2v) is 7.60. The molecule has 4 heteroatoms. The van der Waals surface area contributed by atoms with Crippen molar-refractivity contribution in [3.8, 4) is 0 Å². The number of anilines is 1. The van der Waals surface area contributed by atoms with Crippen LogP contribution in [0.15, 0.2) is 24.3 Å². The molecule has 1 aromatic carbocycles. The van der Waals surface area contributed by atoms with Crippen LogP contribution in [0.5, 0.6) is 0 Å². The third-order valence-electron chi connectivity index (χ3n) is 5.23. The summed E-state index contributed by atoms with van der Waals surface area (Å²) in [4.78, 5) is 12.3. The van der Waals surface area contributed by atoms with Crippen molar-refractivity contribution in [2.24, 2.45) is 0 Å². The number of aliphatic hydroxyl groups is 1. The standard InChI is InChI=1S/C22H36N2O2/c1-2-3-4-5-6-7-8-9-10-18-11-13-19(14-12-18)24-22(26)21-17-20(25)15-16-23-21/h11-14,20-21,23,25H,2-10,15-17H2,1H3,(H,24,26)/t20-,21-/m1/s1. The molecule has 2 rings (SSSR count). The highest BCUT2D eigenvalue weighted by molar-refractivity contribution is 5.94. The molecular formula is C22H36N2O2. The van der Waals surface area contributed by atoms with Crippen LogP contribution in [-0.4, -0.2) is 29.7 Å². The minimum atomic E-state index is -0.374. The molecule has 146 valence electrons. The minimum absolute atomic E-state index is 0.0560. The van der Waals surface area contributed by atoms with Crippen LogP contribution in [0.1, 0.15) is 76.7 Å². The number of piperidine rings is 1. The number of hydrogen-bond acceptors (Lipinski definition) is 3. The highest BCUT2D eigenvalue weighted by Gasteiger charge is 2.25. The topological polar surface area (TPSA) is 61.4 Å². The Hall–Kier alpha value is -1.39. The van der Waals surface area contributed by atoms with Crippen molar-refractivity contribution >= 4 is 11.6 Å². The lowest BCUT2D eigenvalue weighted by molar-refractivity contribution is -0.119. The monoisotopic (exact) mass is 360 g/mol. The van der Waals surface area contributed by atoms with Gasteiger partial charge in [0, 0.05) is 5.69 Å². The average molecular weight is 361 g/mol. The molecule has 1 amide bonds. The van der Waals surface area contributed by atoms with E-state index in [0.717, 1.165) is 18.5 Å². The van der Waals surface area contributed by atoms with Crippen molar-refractivity contribution < 1.29 is 9.90 Å². The lowest BCUT2D eigenvalue weighted by Gasteiger charge is -2.26. The van der Waals surface area contributed by atoms with Crippen molar-refractivity contribution in [3.05, 3.63) is 29.8 Å². The highest BCUT2D eigenvalue weighted by atomic mass is 16.3. The quantitative estimate of drug-likeness (QED) is 0.512. The van der Waals surface area contributed by atoms with E-state index in [9.17, 15) is 9.90 Å². The van der Waals surface area contributed by atoms with Crippen LogP contribution in [0, 0.1) is 0 Å². The van der Waals surface area contributed by atoms with Gasteiger partial charge in [-0.15, -0.1) is 0 Å². The zero-order valence-corrected chi connectivity index (χ0v) is 16.3. The Kier molecular flexibility index (Phi) is 9.72. The SMILES string of the molecule is CCCCCCCCCCc1ccc(NC(=O)[C@H]2C[C@H](O)CCN2)cc1. The average Bonchev–Trinajstić information content (AvgIpc) is 2.65. The van der Waals surface area contributed by atoms with Crippen molar-refractivity contribution in [1.29, 1.82) is 0 Å². The molecule has 1 aliphatic heterocycles. The van der Waals surface area contributed by atoms with E-state index in [-0.39, 0.29) is 18.1 Å². The van der Waals surface area contributed by atoms with E-state index in [2.05, 4.69) is 29.7 Å². The number of unbranched alkanes of at least 4 members (excludes halogenated alkanes) is 7. The summed E-state index contributed by atoms with van der Waals surface area (Å²) in [5, 5.41) is 15.8. The number of carbonyl (C=O) groups excluding carboxylic acids is 1. The molecular weight excluding hydrogens is 324 g/mol. The summed E-state index contributed by atoms with van der Waals surface area (Å²) in [6.45, 7) is 2.95. The Morgan fingerprint density at radius 3 is 2.38 bits per heavy atom. The van der Waals surface area contributed by atoms with Gasteiger partial charge in [-0.3, -0.25) is 4.79 Å². The van der Waals surface area contributed by atoms with Gasteiger partial charge in [0.15, 0.2) is 0 Å². The van der Waals surface area contributed by atoms with E-state index in [4.69, 9.17) is 0 Å². The third-order valence-corrected chi connectivity index (χ3v) is 5.23. The summed E-state index contributed by atoms with van der Waals surface area (Å²) >= 11 is 0. The molecule has 0 radical (unpaired) electrons. The van der Waals surface area contributed by atoms with Crippen LogP contribution in [0.2, 0.25) is 0 Å². The van der Waals surface area contributed by atoms with Gasteiger partial charge in [0.1, 0.15) is 0 Å². The molecule has 1 heterocycles. The summed E-state index contributed by atoms with van der Waals surface area (Å²) in [5.41, 5.74) is 2.16. The number of amides is 1. The first kappa shape index (κ1) is 20.9. The summed E-state index contributed by atoms with van der Waals surface area (Å²) in [5.74, 6) is -0.0560. The minimum Gasteiger partial charge on any atom is -0.393 e. The molecule has 0 spiro atoms. The molecule has 26 heavy (non-hydrogen) atoms. The molecule has 0 aromatic heterocycles. The number of aryl methyl sites for hydroxylation is 1. The highest BCUT2D eigenvalue weighted by Crippen LogP contribution is 2.16. The van der Waals surface area contributed by atoms with E-state index in [1.165, 1.54) is 56.9 Å². The number of rotatable bonds is 11. The molecule has 4 nitrogen and oxygen atoms in total. The summed E-state index contributed by atoms with van der Waals surface area (Å²) < 4.78 is 0. The zero-order chi connectivity index (χ0) is 18.6. The smallest absolute Gasteiger partial charge is 0.241 e. The summed E-state index contributed by atoms with van der Waals surface area (Å²) in [6.07, 6.45) is 12.7. The molecule has 0 bridgehead atoms. The summed E-state index contributed by atoms with van der Waals surface area (Å²) in [7, 11) is 0. The molecule has 1 aliphatic rings. The first-order valence-corrected chi connectivity index (χ1v) is 10.5. The number of benzene rings is 1.